The molecule has 0 radical (unpaired) electrons. The smallest absolute Gasteiger partial charge is 0.231 e. The summed E-state index contributed by atoms with van der Waals surface area (Å²) >= 11 is 18.6. The summed E-state index contributed by atoms with van der Waals surface area (Å²) in [5.41, 5.74) is 3.71. The maximum absolute atomic E-state index is 11.7. The van der Waals surface area contributed by atoms with E-state index < -0.39 is 0 Å². The molecular formula is C16H12Cl3NO. The summed E-state index contributed by atoms with van der Waals surface area (Å²) in [5.74, 6) is 0.0964. The Hall–Kier alpha value is -1.22. The van der Waals surface area contributed by atoms with Crippen molar-refractivity contribution in [2.75, 3.05) is 11.9 Å². The quantitative estimate of drug-likeness (QED) is 0.716. The molecule has 1 heterocycles. The van der Waals surface area contributed by atoms with E-state index in [0.29, 0.717) is 16.5 Å². The van der Waals surface area contributed by atoms with Crippen molar-refractivity contribution >= 4 is 46.4 Å². The lowest BCUT2D eigenvalue weighted by Gasteiger charge is -2.14. The number of alkyl halides is 1. The van der Waals surface area contributed by atoms with Crippen LogP contribution in [0, 0.1) is 0 Å². The van der Waals surface area contributed by atoms with Gasteiger partial charge in [0.25, 0.3) is 0 Å². The number of benzene rings is 2. The third-order valence-electron chi connectivity index (χ3n) is 3.65. The molecule has 2 nitrogen and oxygen atoms in total. The third-order valence-corrected chi connectivity index (χ3v) is 4.59. The number of anilines is 1. The maximum atomic E-state index is 11.7. The number of likely N-dealkylation sites (N-methyl/N-ethyl adjacent to an activating group) is 1. The minimum Gasteiger partial charge on any atom is -0.315 e. The molecule has 1 unspecified atom stereocenters. The first-order valence-electron chi connectivity index (χ1n) is 6.45. The van der Waals surface area contributed by atoms with Crippen molar-refractivity contribution in [2.24, 2.45) is 0 Å². The molecule has 3 rings (SSSR count). The first kappa shape index (κ1) is 14.7. The SMILES string of the molecule is CN1C(=O)Cc2cc(C(Cl)c3cc(Cl)cc(Cl)c3)ccc21. The fourth-order valence-electron chi connectivity index (χ4n) is 2.56. The average Bonchev–Trinajstić information content (AvgIpc) is 2.71. The zero-order chi connectivity index (χ0) is 15.1. The summed E-state index contributed by atoms with van der Waals surface area (Å²) < 4.78 is 0. The van der Waals surface area contributed by atoms with Crippen LogP contribution in [0.25, 0.3) is 0 Å². The van der Waals surface area contributed by atoms with Crippen LogP contribution < -0.4 is 4.90 Å². The number of hydrogen-bond acceptors (Lipinski definition) is 1. The topological polar surface area (TPSA) is 20.3 Å². The van der Waals surface area contributed by atoms with Crippen LogP contribution >= 0.6 is 34.8 Å². The lowest BCUT2D eigenvalue weighted by Crippen LogP contribution is -2.20. The van der Waals surface area contributed by atoms with Gasteiger partial charge >= 0.3 is 0 Å². The van der Waals surface area contributed by atoms with Gasteiger partial charge in [-0.1, -0.05) is 35.3 Å². The molecule has 108 valence electrons. The third kappa shape index (κ3) is 2.76. The Kier molecular flexibility index (Phi) is 3.87. The predicted molar refractivity (Wildman–Crippen MR) is 87.7 cm³/mol. The van der Waals surface area contributed by atoms with Gasteiger partial charge in [-0.15, -0.1) is 11.6 Å². The Labute approximate surface area is 138 Å². The second-order valence-electron chi connectivity index (χ2n) is 5.08. The molecule has 2 aromatic carbocycles. The van der Waals surface area contributed by atoms with Gasteiger partial charge in [0.2, 0.25) is 5.91 Å². The largest absolute Gasteiger partial charge is 0.315 e. The summed E-state index contributed by atoms with van der Waals surface area (Å²) in [4.78, 5) is 13.4. The van der Waals surface area contributed by atoms with Crippen molar-refractivity contribution in [1.29, 1.82) is 0 Å². The first-order chi connectivity index (χ1) is 9.95. The van der Waals surface area contributed by atoms with E-state index in [-0.39, 0.29) is 11.3 Å². The number of nitrogens with zero attached hydrogens (tertiary/aromatic N) is 1. The molecule has 1 amide bonds. The van der Waals surface area contributed by atoms with E-state index in [2.05, 4.69) is 0 Å². The van der Waals surface area contributed by atoms with Crippen molar-refractivity contribution in [2.45, 2.75) is 11.8 Å². The number of halogens is 3. The standard InChI is InChI=1S/C16H12Cl3NO/c1-20-14-3-2-9(4-10(14)7-15(20)21)16(19)11-5-12(17)8-13(18)6-11/h2-6,8,16H,7H2,1H3. The zero-order valence-electron chi connectivity index (χ0n) is 11.2. The van der Waals surface area contributed by atoms with Crippen molar-refractivity contribution < 1.29 is 4.79 Å². The van der Waals surface area contributed by atoms with Crippen LogP contribution in [0.3, 0.4) is 0 Å². The molecule has 5 heteroatoms. The highest BCUT2D eigenvalue weighted by molar-refractivity contribution is 6.35. The van der Waals surface area contributed by atoms with E-state index in [4.69, 9.17) is 34.8 Å². The monoisotopic (exact) mass is 339 g/mol. The zero-order valence-corrected chi connectivity index (χ0v) is 13.5. The number of hydrogen-bond donors (Lipinski definition) is 0. The first-order valence-corrected chi connectivity index (χ1v) is 7.64. The summed E-state index contributed by atoms with van der Waals surface area (Å²) in [6.07, 6.45) is 0.416. The van der Waals surface area contributed by atoms with Gasteiger partial charge < -0.3 is 4.90 Å². The van der Waals surface area contributed by atoms with Crippen LogP contribution in [-0.4, -0.2) is 13.0 Å². The number of rotatable bonds is 2. The van der Waals surface area contributed by atoms with Crippen LogP contribution in [0.5, 0.6) is 0 Å². The van der Waals surface area contributed by atoms with E-state index in [9.17, 15) is 4.79 Å². The Bertz CT molecular complexity index is 709. The minimum absolute atomic E-state index is 0.0964. The molecule has 0 bridgehead atoms. The molecule has 1 aliphatic rings. The van der Waals surface area contributed by atoms with E-state index in [1.807, 2.05) is 18.2 Å². The van der Waals surface area contributed by atoms with Crippen LogP contribution in [0.4, 0.5) is 5.69 Å². The summed E-state index contributed by atoms with van der Waals surface area (Å²) in [6.45, 7) is 0. The molecule has 0 aliphatic carbocycles. The highest BCUT2D eigenvalue weighted by atomic mass is 35.5. The number of carbonyl (C=O) groups excluding carboxylic acids is 1. The lowest BCUT2D eigenvalue weighted by molar-refractivity contribution is -0.117. The highest BCUT2D eigenvalue weighted by Crippen LogP contribution is 2.36. The molecule has 2 aromatic rings. The molecule has 0 saturated carbocycles. The molecule has 1 aliphatic heterocycles. The molecule has 0 fully saturated rings. The molecule has 1 atom stereocenters. The molecule has 0 aromatic heterocycles. The van der Waals surface area contributed by atoms with E-state index in [1.165, 1.54) is 0 Å². The average molecular weight is 341 g/mol. The summed E-state index contributed by atoms with van der Waals surface area (Å²) in [7, 11) is 1.78. The van der Waals surface area contributed by atoms with Gasteiger partial charge in [-0.05, 0) is 41.0 Å². The molecule has 0 spiro atoms. The predicted octanol–water partition coefficient (Wildman–Crippen LogP) is 4.84. The second kappa shape index (κ2) is 5.53. The molecular weight excluding hydrogens is 329 g/mol. The Morgan fingerprint density at radius 1 is 1.05 bits per heavy atom. The van der Waals surface area contributed by atoms with Gasteiger partial charge in [0, 0.05) is 22.8 Å². The maximum Gasteiger partial charge on any atom is 0.231 e. The van der Waals surface area contributed by atoms with Gasteiger partial charge in [0.1, 0.15) is 0 Å². The summed E-state index contributed by atoms with van der Waals surface area (Å²) in [5, 5.41) is 0.756. The van der Waals surface area contributed by atoms with Gasteiger partial charge in [-0.3, -0.25) is 4.79 Å². The fourth-order valence-corrected chi connectivity index (χ4v) is 3.37. The normalized spacial score (nSPS) is 15.2. The minimum atomic E-state index is -0.354. The van der Waals surface area contributed by atoms with Crippen LogP contribution in [0.15, 0.2) is 36.4 Å². The van der Waals surface area contributed by atoms with Crippen LogP contribution in [0.1, 0.15) is 22.1 Å². The van der Waals surface area contributed by atoms with Crippen molar-refractivity contribution in [3.63, 3.8) is 0 Å². The van der Waals surface area contributed by atoms with Crippen molar-refractivity contribution in [1.82, 2.24) is 0 Å². The molecule has 21 heavy (non-hydrogen) atoms. The van der Waals surface area contributed by atoms with Gasteiger partial charge in [0.15, 0.2) is 0 Å². The second-order valence-corrected chi connectivity index (χ2v) is 6.39. The summed E-state index contributed by atoms with van der Waals surface area (Å²) in [6, 6.07) is 11.1. The number of fused-ring (bicyclic) bond motifs is 1. The Balaban J connectivity index is 1.98. The Morgan fingerprint density at radius 3 is 2.38 bits per heavy atom. The van der Waals surface area contributed by atoms with Crippen LogP contribution in [0.2, 0.25) is 10.0 Å². The van der Waals surface area contributed by atoms with Gasteiger partial charge in [0.05, 0.1) is 11.8 Å². The van der Waals surface area contributed by atoms with Crippen molar-refractivity contribution in [3.8, 4) is 0 Å². The van der Waals surface area contributed by atoms with Crippen LogP contribution in [-0.2, 0) is 11.2 Å². The fraction of sp³-hybridized carbons (Fsp3) is 0.188. The lowest BCUT2D eigenvalue weighted by atomic mass is 10.0. The Morgan fingerprint density at radius 2 is 1.71 bits per heavy atom. The number of carbonyl (C=O) groups is 1. The molecule has 0 saturated heterocycles. The van der Waals surface area contributed by atoms with Crippen molar-refractivity contribution in [3.05, 3.63) is 63.1 Å². The van der Waals surface area contributed by atoms with E-state index in [1.54, 1.807) is 30.1 Å². The van der Waals surface area contributed by atoms with E-state index >= 15 is 0 Å². The van der Waals surface area contributed by atoms with Gasteiger partial charge in [-0.2, -0.15) is 0 Å². The van der Waals surface area contributed by atoms with Gasteiger partial charge in [-0.25, -0.2) is 0 Å². The number of amides is 1. The molecule has 0 N–H and O–H groups in total. The highest BCUT2D eigenvalue weighted by Gasteiger charge is 2.25. The van der Waals surface area contributed by atoms with E-state index in [0.717, 1.165) is 22.4 Å².